The number of piperidine rings is 1. The Morgan fingerprint density at radius 3 is 2.21 bits per heavy atom. The molecule has 0 spiro atoms. The lowest BCUT2D eigenvalue weighted by Crippen LogP contribution is -2.43. The van der Waals surface area contributed by atoms with E-state index in [0.29, 0.717) is 12.5 Å². The molecule has 2 nitrogen and oxygen atoms in total. The fourth-order valence-electron chi connectivity index (χ4n) is 4.88. The van der Waals surface area contributed by atoms with Crippen molar-refractivity contribution in [3.8, 4) is 0 Å². The first-order chi connectivity index (χ1) is 16.2. The lowest BCUT2D eigenvalue weighted by atomic mass is 9.89. The molecule has 1 fully saturated rings. The van der Waals surface area contributed by atoms with Crippen LogP contribution in [-0.2, 0) is 17.8 Å². The highest BCUT2D eigenvalue weighted by atomic mass is 19.1. The van der Waals surface area contributed by atoms with E-state index in [2.05, 4.69) is 71.6 Å². The molecule has 1 aliphatic heterocycles. The van der Waals surface area contributed by atoms with Crippen molar-refractivity contribution >= 4 is 10.8 Å². The van der Waals surface area contributed by atoms with Crippen LogP contribution in [0.1, 0.15) is 35.4 Å². The Kier molecular flexibility index (Phi) is 6.80. The Hall–Kier alpha value is -3.01. The first kappa shape index (κ1) is 21.8. The van der Waals surface area contributed by atoms with Crippen LogP contribution in [-0.4, -0.2) is 24.2 Å². The lowest BCUT2D eigenvalue weighted by Gasteiger charge is -2.37. The maximum atomic E-state index is 13.3. The van der Waals surface area contributed by atoms with Gasteiger partial charge in [0, 0.05) is 19.5 Å². The Morgan fingerprint density at radius 1 is 0.758 bits per heavy atom. The molecule has 0 aliphatic carbocycles. The minimum Gasteiger partial charge on any atom is -0.358 e. The van der Waals surface area contributed by atoms with Crippen molar-refractivity contribution in [3.63, 3.8) is 0 Å². The smallest absolute Gasteiger partial charge is 0.123 e. The molecule has 0 bridgehead atoms. The number of hydrogen-bond acceptors (Lipinski definition) is 2. The van der Waals surface area contributed by atoms with Gasteiger partial charge in [-0.2, -0.15) is 0 Å². The summed E-state index contributed by atoms with van der Waals surface area (Å²) in [6.07, 6.45) is 3.02. The van der Waals surface area contributed by atoms with Crippen LogP contribution in [0.3, 0.4) is 0 Å². The van der Waals surface area contributed by atoms with Crippen molar-refractivity contribution in [2.24, 2.45) is 0 Å². The number of benzene rings is 4. The van der Waals surface area contributed by atoms with Crippen LogP contribution in [0.4, 0.5) is 4.39 Å². The molecule has 4 aromatic rings. The number of fused-ring (bicyclic) bond motifs is 1. The largest absolute Gasteiger partial charge is 0.358 e. The monoisotopic (exact) mass is 439 g/mol. The lowest BCUT2D eigenvalue weighted by molar-refractivity contribution is -0.0766. The van der Waals surface area contributed by atoms with Crippen molar-refractivity contribution in [3.05, 3.63) is 120 Å². The topological polar surface area (TPSA) is 12.5 Å². The highest BCUT2D eigenvalue weighted by Gasteiger charge is 2.27. The molecule has 4 aromatic carbocycles. The molecule has 0 radical (unpaired) electrons. The van der Waals surface area contributed by atoms with E-state index in [0.717, 1.165) is 32.4 Å². The maximum Gasteiger partial charge on any atom is 0.123 e. The summed E-state index contributed by atoms with van der Waals surface area (Å²) in [4.78, 5) is 2.48. The van der Waals surface area contributed by atoms with Gasteiger partial charge in [0.15, 0.2) is 0 Å². The molecule has 33 heavy (non-hydrogen) atoms. The van der Waals surface area contributed by atoms with Crippen LogP contribution >= 0.6 is 0 Å². The third-order valence-electron chi connectivity index (χ3n) is 6.79. The van der Waals surface area contributed by atoms with E-state index in [4.69, 9.17) is 4.74 Å². The summed E-state index contributed by atoms with van der Waals surface area (Å²) in [6.45, 7) is 2.57. The van der Waals surface area contributed by atoms with Crippen molar-refractivity contribution in [1.82, 2.24) is 4.90 Å². The van der Waals surface area contributed by atoms with E-state index in [1.54, 1.807) is 12.1 Å². The molecule has 1 aliphatic rings. The van der Waals surface area contributed by atoms with Gasteiger partial charge in [0.2, 0.25) is 0 Å². The average Bonchev–Trinajstić information content (AvgIpc) is 2.88. The van der Waals surface area contributed by atoms with Crippen molar-refractivity contribution < 1.29 is 9.13 Å². The van der Waals surface area contributed by atoms with E-state index in [-0.39, 0.29) is 12.0 Å². The van der Waals surface area contributed by atoms with Gasteiger partial charge in [-0.15, -0.1) is 0 Å². The maximum absolute atomic E-state index is 13.3. The van der Waals surface area contributed by atoms with Crippen LogP contribution in [0, 0.1) is 5.82 Å². The molecule has 0 amide bonds. The standard InChI is InChI=1S/C30H30FNO/c31-29-14-12-26(13-15-29)27-16-18-32(19-17-27)30(33-22-23-6-2-1-3-7-23)21-24-10-11-25-8-4-5-9-28(25)20-24/h1-15,20,27,30H,16-19,21-22H2. The summed E-state index contributed by atoms with van der Waals surface area (Å²) >= 11 is 0. The second kappa shape index (κ2) is 10.3. The molecule has 0 saturated carbocycles. The number of ether oxygens (including phenoxy) is 1. The second-order valence-electron chi connectivity index (χ2n) is 9.00. The van der Waals surface area contributed by atoms with E-state index < -0.39 is 0 Å². The quantitative estimate of drug-likeness (QED) is 0.309. The van der Waals surface area contributed by atoms with Crippen molar-refractivity contribution in [2.45, 2.75) is 38.0 Å². The van der Waals surface area contributed by atoms with E-state index >= 15 is 0 Å². The van der Waals surface area contributed by atoms with Gasteiger partial charge in [-0.05, 0) is 58.4 Å². The molecule has 0 aromatic heterocycles. The van der Waals surface area contributed by atoms with Gasteiger partial charge in [-0.25, -0.2) is 4.39 Å². The first-order valence-corrected chi connectivity index (χ1v) is 11.9. The van der Waals surface area contributed by atoms with Gasteiger partial charge in [0.25, 0.3) is 0 Å². The Bertz CT molecular complexity index is 1170. The molecule has 1 unspecified atom stereocenters. The predicted molar refractivity (Wildman–Crippen MR) is 133 cm³/mol. The predicted octanol–water partition coefficient (Wildman–Crippen LogP) is 6.94. The Balaban J connectivity index is 1.30. The number of nitrogens with zero attached hydrogens (tertiary/aromatic N) is 1. The molecule has 5 rings (SSSR count). The fraction of sp³-hybridized carbons (Fsp3) is 0.267. The molecule has 1 heterocycles. The molecule has 0 N–H and O–H groups in total. The van der Waals surface area contributed by atoms with Crippen molar-refractivity contribution in [1.29, 1.82) is 0 Å². The summed E-state index contributed by atoms with van der Waals surface area (Å²) in [5, 5.41) is 2.54. The second-order valence-corrected chi connectivity index (χ2v) is 9.00. The Labute approximate surface area is 195 Å². The normalized spacial score (nSPS) is 16.2. The summed E-state index contributed by atoms with van der Waals surface area (Å²) in [5.74, 6) is 0.318. The SMILES string of the molecule is Fc1ccc(C2CCN(C(Cc3ccc4ccccc4c3)OCc3ccccc3)CC2)cc1. The molecule has 1 atom stereocenters. The number of rotatable bonds is 7. The summed E-state index contributed by atoms with van der Waals surface area (Å²) in [7, 11) is 0. The number of halogens is 1. The van der Waals surface area contributed by atoms with Crippen molar-refractivity contribution in [2.75, 3.05) is 13.1 Å². The fourth-order valence-corrected chi connectivity index (χ4v) is 4.88. The summed E-state index contributed by atoms with van der Waals surface area (Å²) < 4.78 is 19.8. The molecule has 3 heteroatoms. The first-order valence-electron chi connectivity index (χ1n) is 11.9. The van der Waals surface area contributed by atoms with Crippen LogP contribution in [0.25, 0.3) is 10.8 Å². The zero-order valence-electron chi connectivity index (χ0n) is 18.9. The van der Waals surface area contributed by atoms with Crippen LogP contribution in [0.15, 0.2) is 97.1 Å². The summed E-state index contributed by atoms with van der Waals surface area (Å²) in [5.41, 5.74) is 3.74. The third-order valence-corrected chi connectivity index (χ3v) is 6.79. The molecule has 168 valence electrons. The van der Waals surface area contributed by atoms with Gasteiger partial charge in [-0.1, -0.05) is 84.9 Å². The molecule has 1 saturated heterocycles. The van der Waals surface area contributed by atoms with E-state index in [1.807, 2.05) is 18.2 Å². The highest BCUT2D eigenvalue weighted by molar-refractivity contribution is 5.83. The van der Waals surface area contributed by atoms with Crippen LogP contribution < -0.4 is 0 Å². The Morgan fingerprint density at radius 2 is 1.45 bits per heavy atom. The highest BCUT2D eigenvalue weighted by Crippen LogP contribution is 2.30. The summed E-state index contributed by atoms with van der Waals surface area (Å²) in [6, 6.07) is 32.7. The number of hydrogen-bond donors (Lipinski definition) is 0. The van der Waals surface area contributed by atoms with Gasteiger partial charge >= 0.3 is 0 Å². The van der Waals surface area contributed by atoms with Gasteiger partial charge in [-0.3, -0.25) is 4.90 Å². The zero-order valence-corrected chi connectivity index (χ0v) is 18.9. The number of likely N-dealkylation sites (tertiary alicyclic amines) is 1. The van der Waals surface area contributed by atoms with Gasteiger partial charge in [0.05, 0.1) is 6.61 Å². The van der Waals surface area contributed by atoms with E-state index in [9.17, 15) is 4.39 Å². The molecular weight excluding hydrogens is 409 g/mol. The van der Waals surface area contributed by atoms with Crippen LogP contribution in [0.2, 0.25) is 0 Å². The van der Waals surface area contributed by atoms with Crippen LogP contribution in [0.5, 0.6) is 0 Å². The van der Waals surface area contributed by atoms with Gasteiger partial charge in [0.1, 0.15) is 12.0 Å². The molecular formula is C30H30FNO. The minimum absolute atomic E-state index is 0.0283. The third kappa shape index (κ3) is 5.50. The zero-order chi connectivity index (χ0) is 22.5. The minimum atomic E-state index is -0.166. The van der Waals surface area contributed by atoms with E-state index in [1.165, 1.54) is 27.5 Å². The average molecular weight is 440 g/mol. The van der Waals surface area contributed by atoms with Gasteiger partial charge < -0.3 is 4.74 Å².